The molecule has 1 aromatic rings. The number of benzene rings is 1. The summed E-state index contributed by atoms with van der Waals surface area (Å²) in [6.07, 6.45) is -0.747. The van der Waals surface area contributed by atoms with E-state index in [0.717, 1.165) is 0 Å². The van der Waals surface area contributed by atoms with Gasteiger partial charge in [-0.15, -0.1) is 0 Å². The van der Waals surface area contributed by atoms with Gasteiger partial charge in [0.2, 0.25) is 5.91 Å². The van der Waals surface area contributed by atoms with E-state index >= 15 is 0 Å². The van der Waals surface area contributed by atoms with Gasteiger partial charge in [-0.3, -0.25) is 4.79 Å². The predicted octanol–water partition coefficient (Wildman–Crippen LogP) is 0.585. The Morgan fingerprint density at radius 2 is 2.24 bits per heavy atom. The van der Waals surface area contributed by atoms with E-state index in [1.807, 2.05) is 0 Å². The number of rotatable bonds is 6. The van der Waals surface area contributed by atoms with Gasteiger partial charge in [-0.1, -0.05) is 12.1 Å². The van der Waals surface area contributed by atoms with Gasteiger partial charge in [0.05, 0.1) is 6.10 Å². The zero-order valence-electron chi connectivity index (χ0n) is 9.74. The third-order valence-electron chi connectivity index (χ3n) is 2.25. The first kappa shape index (κ1) is 13.6. The minimum Gasteiger partial charge on any atom is -0.387 e. The standard InChI is InChI=1S/C12H17FN2O2/c1-9(16)15-6-5-14-8-12(17)10-3-2-4-11(13)7-10/h2-4,7,12,14,17H,5-6,8H2,1H3,(H,15,16). The normalized spacial score (nSPS) is 12.2. The second-order valence-electron chi connectivity index (χ2n) is 3.76. The van der Waals surface area contributed by atoms with Crippen molar-refractivity contribution in [1.29, 1.82) is 0 Å². The van der Waals surface area contributed by atoms with Crippen molar-refractivity contribution in [3.05, 3.63) is 35.6 Å². The lowest BCUT2D eigenvalue weighted by atomic mass is 10.1. The van der Waals surface area contributed by atoms with Crippen molar-refractivity contribution in [1.82, 2.24) is 10.6 Å². The molecule has 0 heterocycles. The summed E-state index contributed by atoms with van der Waals surface area (Å²) in [4.78, 5) is 10.6. The highest BCUT2D eigenvalue weighted by Gasteiger charge is 2.07. The lowest BCUT2D eigenvalue weighted by Crippen LogP contribution is -2.32. The quantitative estimate of drug-likeness (QED) is 0.638. The SMILES string of the molecule is CC(=O)NCCNCC(O)c1cccc(F)c1. The van der Waals surface area contributed by atoms with Crippen LogP contribution < -0.4 is 10.6 Å². The molecule has 4 nitrogen and oxygen atoms in total. The van der Waals surface area contributed by atoms with Crippen molar-refractivity contribution < 1.29 is 14.3 Å². The van der Waals surface area contributed by atoms with Crippen LogP contribution in [0.3, 0.4) is 0 Å². The Morgan fingerprint density at radius 3 is 2.88 bits per heavy atom. The molecule has 0 aliphatic rings. The van der Waals surface area contributed by atoms with Crippen molar-refractivity contribution in [3.8, 4) is 0 Å². The van der Waals surface area contributed by atoms with Crippen LogP contribution in [0.15, 0.2) is 24.3 Å². The smallest absolute Gasteiger partial charge is 0.216 e. The van der Waals surface area contributed by atoms with E-state index in [1.165, 1.54) is 19.1 Å². The second kappa shape index (κ2) is 6.98. The van der Waals surface area contributed by atoms with Gasteiger partial charge >= 0.3 is 0 Å². The summed E-state index contributed by atoms with van der Waals surface area (Å²) in [7, 11) is 0. The molecule has 0 aliphatic heterocycles. The molecule has 0 saturated heterocycles. The third-order valence-corrected chi connectivity index (χ3v) is 2.25. The highest BCUT2D eigenvalue weighted by Crippen LogP contribution is 2.12. The lowest BCUT2D eigenvalue weighted by Gasteiger charge is -2.12. The molecule has 0 aromatic heterocycles. The fraction of sp³-hybridized carbons (Fsp3) is 0.417. The van der Waals surface area contributed by atoms with E-state index in [-0.39, 0.29) is 11.7 Å². The summed E-state index contributed by atoms with van der Waals surface area (Å²) in [5.74, 6) is -0.447. The van der Waals surface area contributed by atoms with E-state index in [1.54, 1.807) is 12.1 Å². The van der Waals surface area contributed by atoms with Gasteiger partial charge in [0.25, 0.3) is 0 Å². The summed E-state index contributed by atoms with van der Waals surface area (Å²) in [6.45, 7) is 2.84. The molecule has 1 atom stereocenters. The van der Waals surface area contributed by atoms with Crippen molar-refractivity contribution in [3.63, 3.8) is 0 Å². The number of carbonyl (C=O) groups excluding carboxylic acids is 1. The highest BCUT2D eigenvalue weighted by atomic mass is 19.1. The summed E-state index contributed by atoms with van der Waals surface area (Å²) in [5.41, 5.74) is 0.539. The minimum atomic E-state index is -0.747. The van der Waals surface area contributed by atoms with Crippen molar-refractivity contribution in [2.45, 2.75) is 13.0 Å². The largest absolute Gasteiger partial charge is 0.387 e. The van der Waals surface area contributed by atoms with Gasteiger partial charge in [-0.25, -0.2) is 4.39 Å². The first-order valence-electron chi connectivity index (χ1n) is 5.48. The summed E-state index contributed by atoms with van der Waals surface area (Å²) in [5, 5.41) is 15.3. The lowest BCUT2D eigenvalue weighted by molar-refractivity contribution is -0.118. The Hall–Kier alpha value is -1.46. The number of hydrogen-bond donors (Lipinski definition) is 3. The van der Waals surface area contributed by atoms with E-state index in [9.17, 15) is 14.3 Å². The Balaban J connectivity index is 2.25. The molecular weight excluding hydrogens is 223 g/mol. The van der Waals surface area contributed by atoms with Crippen LogP contribution >= 0.6 is 0 Å². The second-order valence-corrected chi connectivity index (χ2v) is 3.76. The average molecular weight is 240 g/mol. The van der Waals surface area contributed by atoms with Gasteiger partial charge in [-0.05, 0) is 17.7 Å². The van der Waals surface area contributed by atoms with Crippen LogP contribution in [0.5, 0.6) is 0 Å². The molecule has 17 heavy (non-hydrogen) atoms. The zero-order valence-corrected chi connectivity index (χ0v) is 9.74. The first-order valence-corrected chi connectivity index (χ1v) is 5.48. The number of hydrogen-bond acceptors (Lipinski definition) is 3. The number of aliphatic hydroxyl groups excluding tert-OH is 1. The molecule has 1 aromatic carbocycles. The van der Waals surface area contributed by atoms with Crippen LogP contribution in [0.4, 0.5) is 4.39 Å². The molecule has 1 unspecified atom stereocenters. The number of aliphatic hydroxyl groups is 1. The molecule has 0 bridgehead atoms. The zero-order chi connectivity index (χ0) is 12.7. The fourth-order valence-electron chi connectivity index (χ4n) is 1.40. The molecule has 1 rings (SSSR count). The Bertz CT molecular complexity index is 371. The maximum Gasteiger partial charge on any atom is 0.216 e. The molecule has 0 saturated carbocycles. The Labute approximate surface area is 99.8 Å². The van der Waals surface area contributed by atoms with Crippen molar-refractivity contribution in [2.75, 3.05) is 19.6 Å². The number of nitrogens with one attached hydrogen (secondary N) is 2. The number of carbonyl (C=O) groups is 1. The van der Waals surface area contributed by atoms with Crippen molar-refractivity contribution in [2.24, 2.45) is 0 Å². The van der Waals surface area contributed by atoms with Crippen molar-refractivity contribution >= 4 is 5.91 Å². The molecule has 3 N–H and O–H groups in total. The molecule has 1 amide bonds. The molecule has 0 fully saturated rings. The Morgan fingerprint density at radius 1 is 1.47 bits per heavy atom. The summed E-state index contributed by atoms with van der Waals surface area (Å²) < 4.78 is 12.9. The first-order chi connectivity index (χ1) is 8.09. The molecule has 5 heteroatoms. The van der Waals surface area contributed by atoms with Gasteiger partial charge in [-0.2, -0.15) is 0 Å². The molecule has 0 aliphatic carbocycles. The van der Waals surface area contributed by atoms with Crippen LogP contribution in [-0.2, 0) is 4.79 Å². The van der Waals surface area contributed by atoms with Gasteiger partial charge in [0, 0.05) is 26.6 Å². The maximum atomic E-state index is 12.9. The van der Waals surface area contributed by atoms with Gasteiger partial charge < -0.3 is 15.7 Å². The van der Waals surface area contributed by atoms with Crippen LogP contribution in [0.1, 0.15) is 18.6 Å². The Kier molecular flexibility index (Phi) is 5.59. The maximum absolute atomic E-state index is 12.9. The molecule has 0 radical (unpaired) electrons. The predicted molar refractivity (Wildman–Crippen MR) is 62.9 cm³/mol. The molecule has 94 valence electrons. The van der Waals surface area contributed by atoms with E-state index in [4.69, 9.17) is 0 Å². The van der Waals surface area contributed by atoms with Crippen LogP contribution in [-0.4, -0.2) is 30.6 Å². The summed E-state index contributed by atoms with van der Waals surface area (Å²) in [6, 6.07) is 5.87. The van der Waals surface area contributed by atoms with Crippen LogP contribution in [0.25, 0.3) is 0 Å². The monoisotopic (exact) mass is 240 g/mol. The summed E-state index contributed by atoms with van der Waals surface area (Å²) >= 11 is 0. The average Bonchev–Trinajstić information content (AvgIpc) is 2.28. The van der Waals surface area contributed by atoms with Crippen LogP contribution in [0, 0.1) is 5.82 Å². The number of amides is 1. The third kappa shape index (κ3) is 5.42. The molecular formula is C12H17FN2O2. The topological polar surface area (TPSA) is 61.4 Å². The van der Waals surface area contributed by atoms with E-state index < -0.39 is 6.10 Å². The van der Waals surface area contributed by atoms with Gasteiger partial charge in [0.15, 0.2) is 0 Å². The highest BCUT2D eigenvalue weighted by molar-refractivity contribution is 5.72. The van der Waals surface area contributed by atoms with Crippen LogP contribution in [0.2, 0.25) is 0 Å². The molecule has 0 spiro atoms. The van der Waals surface area contributed by atoms with Gasteiger partial charge in [0.1, 0.15) is 5.82 Å². The fourth-order valence-corrected chi connectivity index (χ4v) is 1.40. The number of halogens is 1. The van der Waals surface area contributed by atoms with E-state index in [2.05, 4.69) is 10.6 Å². The minimum absolute atomic E-state index is 0.0857. The van der Waals surface area contributed by atoms with E-state index in [0.29, 0.717) is 25.2 Å².